The molecule has 2 fully saturated rings. The Labute approximate surface area is 121 Å². The molecule has 2 N–H and O–H groups in total. The van der Waals surface area contributed by atoms with Crippen LogP contribution < -0.4 is 15.4 Å². The van der Waals surface area contributed by atoms with Gasteiger partial charge in [0.1, 0.15) is 5.75 Å². The fourth-order valence-corrected chi connectivity index (χ4v) is 2.89. The Kier molecular flexibility index (Phi) is 4.01. The van der Waals surface area contributed by atoms with Crippen LogP contribution in [-0.2, 0) is 0 Å². The molecule has 1 aromatic carbocycles. The van der Waals surface area contributed by atoms with E-state index < -0.39 is 0 Å². The maximum absolute atomic E-state index is 5.98. The molecule has 2 aliphatic rings. The molecule has 1 saturated heterocycles. The Bertz CT molecular complexity index is 451. The van der Waals surface area contributed by atoms with Gasteiger partial charge >= 0.3 is 0 Å². The van der Waals surface area contributed by atoms with Crippen LogP contribution in [0.2, 0.25) is 0 Å². The van der Waals surface area contributed by atoms with Gasteiger partial charge in [-0.1, -0.05) is 0 Å². The Morgan fingerprint density at radius 3 is 2.55 bits per heavy atom. The van der Waals surface area contributed by atoms with Crippen LogP contribution in [0, 0.1) is 5.92 Å². The van der Waals surface area contributed by atoms with E-state index in [0.717, 1.165) is 43.5 Å². The van der Waals surface area contributed by atoms with E-state index in [1.54, 1.807) is 0 Å². The third kappa shape index (κ3) is 3.37. The van der Waals surface area contributed by atoms with Crippen LogP contribution in [0.25, 0.3) is 0 Å². The summed E-state index contributed by atoms with van der Waals surface area (Å²) in [6.45, 7) is 8.47. The fourth-order valence-electron chi connectivity index (χ4n) is 2.89. The van der Waals surface area contributed by atoms with E-state index >= 15 is 0 Å². The van der Waals surface area contributed by atoms with Gasteiger partial charge in [0, 0.05) is 56.2 Å². The van der Waals surface area contributed by atoms with Crippen molar-refractivity contribution in [3.8, 4) is 5.75 Å². The van der Waals surface area contributed by atoms with E-state index in [1.165, 1.54) is 25.1 Å². The van der Waals surface area contributed by atoms with Gasteiger partial charge in [-0.05, 0) is 31.7 Å². The van der Waals surface area contributed by atoms with Gasteiger partial charge in [0.2, 0.25) is 0 Å². The first-order valence-electron chi connectivity index (χ1n) is 7.75. The summed E-state index contributed by atoms with van der Waals surface area (Å²) in [5, 5.41) is 0. The number of ether oxygens (including phenoxy) is 1. The Hall–Kier alpha value is -1.42. The van der Waals surface area contributed by atoms with Crippen molar-refractivity contribution in [3.05, 3.63) is 18.2 Å². The number of rotatable bonds is 5. The molecule has 0 atom stereocenters. The number of hydrogen-bond acceptors (Lipinski definition) is 4. The minimum Gasteiger partial charge on any atom is -0.494 e. The molecule has 4 nitrogen and oxygen atoms in total. The van der Waals surface area contributed by atoms with Gasteiger partial charge in [-0.3, -0.25) is 4.90 Å². The van der Waals surface area contributed by atoms with Crippen molar-refractivity contribution in [3.63, 3.8) is 0 Å². The number of piperazine rings is 1. The fraction of sp³-hybridized carbons (Fsp3) is 0.625. The molecule has 1 heterocycles. The third-order valence-corrected chi connectivity index (χ3v) is 4.18. The summed E-state index contributed by atoms with van der Waals surface area (Å²) < 4.78 is 5.58. The second-order valence-corrected chi connectivity index (χ2v) is 5.92. The van der Waals surface area contributed by atoms with Crippen molar-refractivity contribution in [1.82, 2.24) is 4.90 Å². The van der Waals surface area contributed by atoms with E-state index in [4.69, 9.17) is 10.5 Å². The van der Waals surface area contributed by atoms with Crippen molar-refractivity contribution in [2.24, 2.45) is 5.92 Å². The highest BCUT2D eigenvalue weighted by molar-refractivity contribution is 5.60. The quantitative estimate of drug-likeness (QED) is 0.837. The summed E-state index contributed by atoms with van der Waals surface area (Å²) in [7, 11) is 0. The molecule has 0 amide bonds. The summed E-state index contributed by atoms with van der Waals surface area (Å²) >= 11 is 0. The number of benzene rings is 1. The summed E-state index contributed by atoms with van der Waals surface area (Å²) in [4.78, 5) is 5.02. The lowest BCUT2D eigenvalue weighted by Crippen LogP contribution is -2.47. The summed E-state index contributed by atoms with van der Waals surface area (Å²) in [6, 6.07) is 6.06. The van der Waals surface area contributed by atoms with Gasteiger partial charge < -0.3 is 15.4 Å². The number of anilines is 2. The highest BCUT2D eigenvalue weighted by Gasteiger charge is 2.26. The smallest absolute Gasteiger partial charge is 0.123 e. The monoisotopic (exact) mass is 275 g/mol. The molecule has 1 aromatic rings. The van der Waals surface area contributed by atoms with Crippen molar-refractivity contribution < 1.29 is 4.74 Å². The molecule has 110 valence electrons. The van der Waals surface area contributed by atoms with Crippen LogP contribution >= 0.6 is 0 Å². The molecule has 1 saturated carbocycles. The average Bonchev–Trinajstić information content (AvgIpc) is 3.23. The van der Waals surface area contributed by atoms with Crippen LogP contribution in [0.5, 0.6) is 5.75 Å². The van der Waals surface area contributed by atoms with E-state index in [1.807, 2.05) is 13.0 Å². The molecule has 0 aromatic heterocycles. The van der Waals surface area contributed by atoms with Crippen LogP contribution in [0.3, 0.4) is 0 Å². The highest BCUT2D eigenvalue weighted by atomic mass is 16.5. The number of hydrogen-bond donors (Lipinski definition) is 1. The molecular formula is C16H25N3O. The van der Waals surface area contributed by atoms with E-state index in [0.29, 0.717) is 6.61 Å². The summed E-state index contributed by atoms with van der Waals surface area (Å²) in [5.41, 5.74) is 7.96. The largest absolute Gasteiger partial charge is 0.494 e. The maximum Gasteiger partial charge on any atom is 0.123 e. The Balaban J connectivity index is 1.61. The molecular weight excluding hydrogens is 250 g/mol. The molecule has 1 aliphatic heterocycles. The first-order valence-corrected chi connectivity index (χ1v) is 7.75. The molecule has 0 bridgehead atoms. The van der Waals surface area contributed by atoms with Crippen molar-refractivity contribution >= 4 is 11.4 Å². The van der Waals surface area contributed by atoms with E-state index in [9.17, 15) is 0 Å². The lowest BCUT2D eigenvalue weighted by molar-refractivity contribution is 0.248. The van der Waals surface area contributed by atoms with Crippen LogP contribution in [0.15, 0.2) is 18.2 Å². The van der Waals surface area contributed by atoms with Gasteiger partial charge in [0.15, 0.2) is 0 Å². The number of nitrogens with two attached hydrogens (primary N) is 1. The Morgan fingerprint density at radius 2 is 1.90 bits per heavy atom. The standard InChI is InChI=1S/C16H25N3O/c1-2-20-16-10-14(17)9-15(11-16)19-7-5-18(6-8-19)12-13-3-4-13/h9-11,13H,2-8,12,17H2,1H3. The molecule has 0 spiro atoms. The van der Waals surface area contributed by atoms with Crippen molar-refractivity contribution in [1.29, 1.82) is 0 Å². The predicted octanol–water partition coefficient (Wildman–Crippen LogP) is 2.20. The molecule has 4 heteroatoms. The molecule has 3 rings (SSSR count). The average molecular weight is 275 g/mol. The van der Waals surface area contributed by atoms with Gasteiger partial charge in [0.05, 0.1) is 6.61 Å². The van der Waals surface area contributed by atoms with Crippen LogP contribution in [0.1, 0.15) is 19.8 Å². The van der Waals surface area contributed by atoms with Gasteiger partial charge in [0.25, 0.3) is 0 Å². The number of nitrogen functional groups attached to an aromatic ring is 1. The molecule has 0 unspecified atom stereocenters. The summed E-state index contributed by atoms with van der Waals surface area (Å²) in [5.74, 6) is 1.86. The SMILES string of the molecule is CCOc1cc(N)cc(N2CCN(CC3CC3)CC2)c1. The van der Waals surface area contributed by atoms with Crippen molar-refractivity contribution in [2.75, 3.05) is 50.0 Å². The van der Waals surface area contributed by atoms with E-state index in [2.05, 4.69) is 21.9 Å². The third-order valence-electron chi connectivity index (χ3n) is 4.18. The zero-order chi connectivity index (χ0) is 13.9. The molecule has 0 radical (unpaired) electrons. The van der Waals surface area contributed by atoms with Gasteiger partial charge in [-0.2, -0.15) is 0 Å². The van der Waals surface area contributed by atoms with Crippen LogP contribution in [0.4, 0.5) is 11.4 Å². The zero-order valence-electron chi connectivity index (χ0n) is 12.3. The zero-order valence-corrected chi connectivity index (χ0v) is 12.3. The lowest BCUT2D eigenvalue weighted by atomic mass is 10.2. The minimum absolute atomic E-state index is 0.679. The van der Waals surface area contributed by atoms with Crippen LogP contribution in [-0.4, -0.2) is 44.2 Å². The minimum atomic E-state index is 0.679. The van der Waals surface area contributed by atoms with Gasteiger partial charge in [-0.15, -0.1) is 0 Å². The van der Waals surface area contributed by atoms with Crippen molar-refractivity contribution in [2.45, 2.75) is 19.8 Å². The topological polar surface area (TPSA) is 41.7 Å². The van der Waals surface area contributed by atoms with E-state index in [-0.39, 0.29) is 0 Å². The second-order valence-electron chi connectivity index (χ2n) is 5.92. The normalized spacial score (nSPS) is 20.1. The lowest BCUT2D eigenvalue weighted by Gasteiger charge is -2.36. The first kappa shape index (κ1) is 13.6. The second kappa shape index (κ2) is 5.92. The molecule has 1 aliphatic carbocycles. The summed E-state index contributed by atoms with van der Waals surface area (Å²) in [6.07, 6.45) is 2.88. The molecule has 20 heavy (non-hydrogen) atoms. The first-order chi connectivity index (χ1) is 9.74. The maximum atomic E-state index is 5.98. The highest BCUT2D eigenvalue weighted by Crippen LogP contribution is 2.31. The predicted molar refractivity (Wildman–Crippen MR) is 83.4 cm³/mol. The van der Waals surface area contributed by atoms with Gasteiger partial charge in [-0.25, -0.2) is 0 Å². The Morgan fingerprint density at radius 1 is 1.15 bits per heavy atom. The number of nitrogens with zero attached hydrogens (tertiary/aromatic N) is 2.